The van der Waals surface area contributed by atoms with E-state index in [0.717, 1.165) is 16.9 Å². The van der Waals surface area contributed by atoms with Gasteiger partial charge in [0, 0.05) is 5.38 Å². The topological polar surface area (TPSA) is 99.6 Å². The van der Waals surface area contributed by atoms with Crippen molar-refractivity contribution in [3.63, 3.8) is 0 Å². The van der Waals surface area contributed by atoms with Crippen LogP contribution in [0, 0.1) is 0 Å². The lowest BCUT2D eigenvalue weighted by Crippen LogP contribution is -2.29. The zero-order valence-electron chi connectivity index (χ0n) is 11.3. The van der Waals surface area contributed by atoms with Gasteiger partial charge in [-0.25, -0.2) is 4.79 Å². The first kappa shape index (κ1) is 15.4. The molecule has 0 spiro atoms. The molecule has 0 amide bonds. The normalized spacial score (nSPS) is 13.7. The van der Waals surface area contributed by atoms with Crippen molar-refractivity contribution in [2.75, 3.05) is 6.61 Å². The third-order valence-corrected chi connectivity index (χ3v) is 3.58. The van der Waals surface area contributed by atoms with Crippen LogP contribution in [0.2, 0.25) is 0 Å². The van der Waals surface area contributed by atoms with Crippen LogP contribution in [0.3, 0.4) is 0 Å². The predicted molar refractivity (Wildman–Crippen MR) is 78.0 cm³/mol. The highest BCUT2D eigenvalue weighted by atomic mass is 32.1. The molecule has 2 rings (SSSR count). The van der Waals surface area contributed by atoms with E-state index in [1.165, 1.54) is 0 Å². The van der Waals surface area contributed by atoms with Crippen molar-refractivity contribution in [1.82, 2.24) is 4.98 Å². The summed E-state index contributed by atoms with van der Waals surface area (Å²) in [7, 11) is 0. The van der Waals surface area contributed by atoms with Crippen molar-refractivity contribution in [3.05, 3.63) is 44.9 Å². The predicted octanol–water partition coefficient (Wildman–Crippen LogP) is 1.06. The summed E-state index contributed by atoms with van der Waals surface area (Å²) in [5, 5.41) is 21.3. The number of aromatic nitrogens is 1. The number of carbonyl (C=O) groups excluding carboxylic acids is 1. The maximum absolute atomic E-state index is 11.4. The molecule has 2 atom stereocenters. The van der Waals surface area contributed by atoms with Gasteiger partial charge in [0.25, 0.3) is 0 Å². The summed E-state index contributed by atoms with van der Waals surface area (Å²) in [5.74, 6) is -0.865. The van der Waals surface area contributed by atoms with E-state index in [1.54, 1.807) is 36.6 Å². The van der Waals surface area contributed by atoms with Gasteiger partial charge in [-0.3, -0.25) is 4.79 Å². The number of H-pyrrole nitrogens is 1. The number of aliphatic hydroxyl groups excluding tert-OH is 2. The lowest BCUT2D eigenvalue weighted by Gasteiger charge is -2.16. The summed E-state index contributed by atoms with van der Waals surface area (Å²) in [6.45, 7) is 1.75. The molecule has 1 heterocycles. The Morgan fingerprint density at radius 3 is 2.52 bits per heavy atom. The van der Waals surface area contributed by atoms with Crippen molar-refractivity contribution in [2.24, 2.45) is 0 Å². The summed E-state index contributed by atoms with van der Waals surface area (Å²) in [4.78, 5) is 25.0. The van der Waals surface area contributed by atoms with E-state index in [-0.39, 0.29) is 11.5 Å². The maximum atomic E-state index is 11.4. The van der Waals surface area contributed by atoms with Crippen LogP contribution in [0.1, 0.15) is 18.6 Å². The fourth-order valence-electron chi connectivity index (χ4n) is 1.82. The molecule has 2 aromatic rings. The van der Waals surface area contributed by atoms with E-state index >= 15 is 0 Å². The number of hydrogen-bond donors (Lipinski definition) is 3. The lowest BCUT2D eigenvalue weighted by molar-refractivity contribution is -0.159. The second-order valence-electron chi connectivity index (χ2n) is 4.33. The SMILES string of the molecule is CCOC(=O)C(O)C(O)c1ccc(-c2csc(=O)[nH]2)cc1. The number of aliphatic hydroxyl groups is 2. The fourth-order valence-corrected chi connectivity index (χ4v) is 2.41. The van der Waals surface area contributed by atoms with Crippen LogP contribution in [0.25, 0.3) is 11.3 Å². The molecule has 0 fully saturated rings. The quantitative estimate of drug-likeness (QED) is 0.717. The molecule has 0 saturated carbocycles. The van der Waals surface area contributed by atoms with Crippen LogP contribution in [0.5, 0.6) is 0 Å². The number of ether oxygens (including phenoxy) is 1. The number of aromatic amines is 1. The van der Waals surface area contributed by atoms with E-state index in [4.69, 9.17) is 0 Å². The fraction of sp³-hybridized carbons (Fsp3) is 0.286. The minimum Gasteiger partial charge on any atom is -0.464 e. The van der Waals surface area contributed by atoms with Gasteiger partial charge in [-0.1, -0.05) is 35.6 Å². The molecule has 6 nitrogen and oxygen atoms in total. The van der Waals surface area contributed by atoms with E-state index < -0.39 is 18.2 Å². The number of esters is 1. The Morgan fingerprint density at radius 2 is 2.00 bits per heavy atom. The van der Waals surface area contributed by atoms with Crippen LogP contribution in [-0.2, 0) is 9.53 Å². The molecule has 21 heavy (non-hydrogen) atoms. The van der Waals surface area contributed by atoms with Crippen molar-refractivity contribution < 1.29 is 19.7 Å². The third-order valence-electron chi connectivity index (χ3n) is 2.91. The number of benzene rings is 1. The van der Waals surface area contributed by atoms with Crippen LogP contribution >= 0.6 is 11.3 Å². The Bertz CT molecular complexity index is 661. The highest BCUT2D eigenvalue weighted by molar-refractivity contribution is 7.07. The summed E-state index contributed by atoms with van der Waals surface area (Å²) in [6, 6.07) is 6.54. The van der Waals surface area contributed by atoms with Crippen molar-refractivity contribution >= 4 is 17.3 Å². The molecule has 1 aromatic heterocycles. The summed E-state index contributed by atoms with van der Waals surface area (Å²) in [6.07, 6.45) is -2.99. The first-order chi connectivity index (χ1) is 10.0. The van der Waals surface area contributed by atoms with Crippen molar-refractivity contribution in [2.45, 2.75) is 19.1 Å². The Hall–Kier alpha value is -1.96. The molecule has 0 saturated heterocycles. The number of carbonyl (C=O) groups is 1. The minimum atomic E-state index is -1.63. The van der Waals surface area contributed by atoms with Gasteiger partial charge in [0.05, 0.1) is 12.3 Å². The van der Waals surface area contributed by atoms with E-state index in [9.17, 15) is 19.8 Å². The van der Waals surface area contributed by atoms with E-state index in [2.05, 4.69) is 9.72 Å². The number of nitrogens with one attached hydrogen (secondary N) is 1. The number of thiazole rings is 1. The lowest BCUT2D eigenvalue weighted by atomic mass is 10.0. The second kappa shape index (κ2) is 6.66. The smallest absolute Gasteiger partial charge is 0.338 e. The molecule has 0 aliphatic rings. The first-order valence-electron chi connectivity index (χ1n) is 6.34. The minimum absolute atomic E-state index is 0.132. The summed E-state index contributed by atoms with van der Waals surface area (Å²) < 4.78 is 4.65. The average Bonchev–Trinajstić information content (AvgIpc) is 2.92. The van der Waals surface area contributed by atoms with Gasteiger partial charge >= 0.3 is 10.8 Å². The van der Waals surface area contributed by atoms with E-state index in [0.29, 0.717) is 11.3 Å². The molecule has 0 bridgehead atoms. The molecule has 3 N–H and O–H groups in total. The Labute approximate surface area is 124 Å². The monoisotopic (exact) mass is 309 g/mol. The zero-order chi connectivity index (χ0) is 15.4. The molecule has 7 heteroatoms. The molecule has 0 aliphatic heterocycles. The van der Waals surface area contributed by atoms with Gasteiger partial charge in [0.2, 0.25) is 0 Å². The number of rotatable bonds is 5. The van der Waals surface area contributed by atoms with Crippen LogP contribution in [0.15, 0.2) is 34.4 Å². The summed E-state index contributed by atoms with van der Waals surface area (Å²) in [5.41, 5.74) is 1.84. The molecule has 0 radical (unpaired) electrons. The van der Waals surface area contributed by atoms with Gasteiger partial charge in [-0.05, 0) is 18.1 Å². The average molecular weight is 309 g/mol. The third kappa shape index (κ3) is 3.57. The van der Waals surface area contributed by atoms with Gasteiger partial charge in [0.15, 0.2) is 6.10 Å². The highest BCUT2D eigenvalue weighted by Gasteiger charge is 2.26. The molecular formula is C14H15NO5S. The van der Waals surface area contributed by atoms with Gasteiger partial charge in [0.1, 0.15) is 6.10 Å². The summed E-state index contributed by atoms with van der Waals surface area (Å²) >= 11 is 1.06. The van der Waals surface area contributed by atoms with E-state index in [1.807, 2.05) is 0 Å². The van der Waals surface area contributed by atoms with Crippen LogP contribution in [0.4, 0.5) is 0 Å². The Morgan fingerprint density at radius 1 is 1.33 bits per heavy atom. The zero-order valence-corrected chi connectivity index (χ0v) is 12.1. The Balaban J connectivity index is 2.15. The highest BCUT2D eigenvalue weighted by Crippen LogP contribution is 2.22. The molecular weight excluding hydrogens is 294 g/mol. The second-order valence-corrected chi connectivity index (χ2v) is 5.17. The van der Waals surface area contributed by atoms with Crippen molar-refractivity contribution in [3.8, 4) is 11.3 Å². The van der Waals surface area contributed by atoms with Gasteiger partial charge in [-0.15, -0.1) is 0 Å². The molecule has 1 aromatic carbocycles. The Kier molecular flexibility index (Phi) is 4.89. The largest absolute Gasteiger partial charge is 0.464 e. The van der Waals surface area contributed by atoms with Gasteiger partial charge in [-0.2, -0.15) is 0 Å². The van der Waals surface area contributed by atoms with Crippen LogP contribution < -0.4 is 4.87 Å². The van der Waals surface area contributed by atoms with Gasteiger partial charge < -0.3 is 19.9 Å². The molecule has 0 aliphatic carbocycles. The standard InChI is InChI=1S/C14H15NO5S/c1-2-20-13(18)12(17)11(16)9-5-3-8(4-6-9)10-7-21-14(19)15-10/h3-7,11-12,16-17H,2H2,1H3,(H,15,19). The van der Waals surface area contributed by atoms with Crippen molar-refractivity contribution in [1.29, 1.82) is 0 Å². The number of hydrogen-bond acceptors (Lipinski definition) is 6. The molecule has 2 unspecified atom stereocenters. The maximum Gasteiger partial charge on any atom is 0.338 e. The molecule has 112 valence electrons. The first-order valence-corrected chi connectivity index (χ1v) is 7.21. The van der Waals surface area contributed by atoms with Crippen LogP contribution in [-0.4, -0.2) is 33.9 Å².